The first-order valence-electron chi connectivity index (χ1n) is 4.94. The van der Waals surface area contributed by atoms with Gasteiger partial charge in [0, 0.05) is 10.2 Å². The summed E-state index contributed by atoms with van der Waals surface area (Å²) in [5.74, 6) is 0. The van der Waals surface area contributed by atoms with Gasteiger partial charge >= 0.3 is 0 Å². The van der Waals surface area contributed by atoms with E-state index in [1.54, 1.807) is 17.3 Å². The molecule has 1 N–H and O–H groups in total. The van der Waals surface area contributed by atoms with Gasteiger partial charge in [0.15, 0.2) is 10.3 Å². The fourth-order valence-electron chi connectivity index (χ4n) is 1.55. The largest absolute Gasteiger partial charge is 0.221 e. The Morgan fingerprint density at radius 1 is 1.17 bits per heavy atom. The predicted molar refractivity (Wildman–Crippen MR) is 70.3 cm³/mol. The zero-order valence-corrected chi connectivity index (χ0v) is 11.1. The number of fused-ring (bicyclic) bond motifs is 1. The van der Waals surface area contributed by atoms with E-state index in [4.69, 9.17) is 34.8 Å². The van der Waals surface area contributed by atoms with Crippen LogP contribution in [-0.4, -0.2) is 9.66 Å². The molecule has 1 aromatic carbocycles. The Morgan fingerprint density at radius 2 is 2.00 bits per heavy atom. The van der Waals surface area contributed by atoms with Crippen molar-refractivity contribution in [3.63, 3.8) is 0 Å². The fourth-order valence-corrected chi connectivity index (χ4v) is 2.02. The van der Waals surface area contributed by atoms with Gasteiger partial charge in [0.05, 0.1) is 11.6 Å². The summed E-state index contributed by atoms with van der Waals surface area (Å²) in [7, 11) is 0. The molecular weight excluding hydrogens is 297 g/mol. The summed E-state index contributed by atoms with van der Waals surface area (Å²) in [4.78, 5) is 3.89. The third kappa shape index (κ3) is 1.90. The molecule has 0 unspecified atom stereocenters. The molecule has 3 rings (SSSR count). The van der Waals surface area contributed by atoms with E-state index >= 15 is 0 Å². The summed E-state index contributed by atoms with van der Waals surface area (Å²) in [5, 5.41) is 8.55. The van der Waals surface area contributed by atoms with Crippen LogP contribution < -0.4 is 21.2 Å². The Morgan fingerprint density at radius 3 is 2.72 bits per heavy atom. The number of rotatable bonds is 1. The van der Waals surface area contributed by atoms with Gasteiger partial charge in [0.2, 0.25) is 0 Å². The average Bonchev–Trinajstić information content (AvgIpc) is 2.69. The number of hydrogen-bond acceptors (Lipinski definition) is 4. The standard InChI is InChI=1S/C10H6Cl3N5/c11-7-2-1-6-4-18(16-15-8(6)3-7)17-5-14-9(12)10(17)13/h1-5,16H. The van der Waals surface area contributed by atoms with Crippen LogP contribution in [0.5, 0.6) is 0 Å². The van der Waals surface area contributed by atoms with Crippen molar-refractivity contribution in [3.8, 4) is 0 Å². The number of nitrogens with one attached hydrogen (secondary N) is 1. The summed E-state index contributed by atoms with van der Waals surface area (Å²) in [6.07, 6.45) is 3.30. The van der Waals surface area contributed by atoms with Crippen molar-refractivity contribution in [2.45, 2.75) is 0 Å². The summed E-state index contributed by atoms with van der Waals surface area (Å²) in [6, 6.07) is 5.42. The molecule has 0 fully saturated rings. The molecule has 0 saturated carbocycles. The first kappa shape index (κ1) is 11.6. The monoisotopic (exact) mass is 301 g/mol. The Balaban J connectivity index is 2.09. The van der Waals surface area contributed by atoms with Crippen molar-refractivity contribution in [3.05, 3.63) is 50.4 Å². The van der Waals surface area contributed by atoms with Gasteiger partial charge in [-0.3, -0.25) is 0 Å². The number of imidazole rings is 1. The minimum Gasteiger partial charge on any atom is -0.221 e. The van der Waals surface area contributed by atoms with Crippen LogP contribution in [0, 0.1) is 0 Å². The van der Waals surface area contributed by atoms with Gasteiger partial charge < -0.3 is 0 Å². The van der Waals surface area contributed by atoms with E-state index in [0.29, 0.717) is 10.2 Å². The van der Waals surface area contributed by atoms with Crippen LogP contribution in [0.1, 0.15) is 0 Å². The van der Waals surface area contributed by atoms with Crippen LogP contribution >= 0.6 is 34.8 Å². The number of hydrogen-bond donors (Lipinski definition) is 1. The number of aromatic nitrogens is 2. The van der Waals surface area contributed by atoms with E-state index in [-0.39, 0.29) is 5.15 Å². The third-order valence-corrected chi connectivity index (χ3v) is 3.37. The SMILES string of the molecule is Clc1ccc2c(c1)=NNN(n1cnc(Cl)c1Cl)C=2. The molecule has 2 heterocycles. The van der Waals surface area contributed by atoms with Gasteiger partial charge in [-0.1, -0.05) is 34.8 Å². The number of halogens is 3. The van der Waals surface area contributed by atoms with Gasteiger partial charge in [-0.15, -0.1) is 0 Å². The minimum absolute atomic E-state index is 0.230. The third-order valence-electron chi connectivity index (χ3n) is 2.41. The lowest BCUT2D eigenvalue weighted by Crippen LogP contribution is -2.47. The molecule has 1 aromatic heterocycles. The predicted octanol–water partition coefficient (Wildman–Crippen LogP) is 1.27. The maximum atomic E-state index is 6.00. The molecule has 8 heteroatoms. The average molecular weight is 303 g/mol. The summed E-state index contributed by atoms with van der Waals surface area (Å²) in [5.41, 5.74) is 2.80. The van der Waals surface area contributed by atoms with Crippen LogP contribution in [0.2, 0.25) is 15.3 Å². The van der Waals surface area contributed by atoms with Gasteiger partial charge in [-0.2, -0.15) is 15.8 Å². The highest BCUT2D eigenvalue weighted by Crippen LogP contribution is 2.19. The first-order valence-corrected chi connectivity index (χ1v) is 6.07. The molecule has 0 saturated heterocycles. The minimum atomic E-state index is 0.230. The molecule has 92 valence electrons. The van der Waals surface area contributed by atoms with Gasteiger partial charge in [-0.05, 0) is 18.2 Å². The van der Waals surface area contributed by atoms with E-state index in [0.717, 1.165) is 10.6 Å². The number of nitrogens with zero attached hydrogens (tertiary/aromatic N) is 4. The molecule has 0 spiro atoms. The molecule has 1 aliphatic rings. The maximum Gasteiger partial charge on any atom is 0.169 e. The molecule has 0 bridgehead atoms. The molecule has 0 radical (unpaired) electrons. The molecule has 0 amide bonds. The van der Waals surface area contributed by atoms with E-state index in [1.165, 1.54) is 11.0 Å². The van der Waals surface area contributed by atoms with Crippen LogP contribution in [0.3, 0.4) is 0 Å². The van der Waals surface area contributed by atoms with Crippen molar-refractivity contribution < 1.29 is 0 Å². The second kappa shape index (κ2) is 4.35. The van der Waals surface area contributed by atoms with Gasteiger partial charge in [0.1, 0.15) is 6.33 Å². The smallest absolute Gasteiger partial charge is 0.169 e. The maximum absolute atomic E-state index is 6.00. The van der Waals surface area contributed by atoms with E-state index < -0.39 is 0 Å². The fraction of sp³-hybridized carbons (Fsp3) is 0. The van der Waals surface area contributed by atoms with Gasteiger partial charge in [-0.25, -0.2) is 9.66 Å². The lowest BCUT2D eigenvalue weighted by Gasteiger charge is -2.22. The van der Waals surface area contributed by atoms with Crippen molar-refractivity contribution in [1.82, 2.24) is 15.2 Å². The second-order valence-electron chi connectivity index (χ2n) is 3.56. The molecule has 2 aromatic rings. The lowest BCUT2D eigenvalue weighted by atomic mass is 10.3. The second-order valence-corrected chi connectivity index (χ2v) is 4.71. The highest BCUT2D eigenvalue weighted by Gasteiger charge is 2.12. The van der Waals surface area contributed by atoms with Crippen LogP contribution in [0.25, 0.3) is 6.20 Å². The molecule has 18 heavy (non-hydrogen) atoms. The molecule has 0 atom stereocenters. The highest BCUT2D eigenvalue weighted by atomic mass is 35.5. The highest BCUT2D eigenvalue weighted by molar-refractivity contribution is 6.40. The zero-order valence-electron chi connectivity index (χ0n) is 8.81. The summed E-state index contributed by atoms with van der Waals surface area (Å²) in [6.45, 7) is 0. The Labute approximate surface area is 117 Å². The normalized spacial score (nSPS) is 13.4. The summed E-state index contributed by atoms with van der Waals surface area (Å²) >= 11 is 17.7. The molecular formula is C10H6Cl3N5. The topological polar surface area (TPSA) is 45.5 Å². The summed E-state index contributed by atoms with van der Waals surface area (Å²) < 4.78 is 1.53. The quantitative estimate of drug-likeness (QED) is 0.863. The van der Waals surface area contributed by atoms with Crippen molar-refractivity contribution in [1.29, 1.82) is 0 Å². The Hall–Kier alpha value is -1.43. The van der Waals surface area contributed by atoms with Crippen LogP contribution in [0.15, 0.2) is 29.6 Å². The number of hydrazine groups is 1. The van der Waals surface area contributed by atoms with Crippen molar-refractivity contribution in [2.75, 3.05) is 5.12 Å². The van der Waals surface area contributed by atoms with Crippen molar-refractivity contribution >= 4 is 41.0 Å². The molecule has 1 aliphatic heterocycles. The van der Waals surface area contributed by atoms with E-state index in [2.05, 4.69) is 15.6 Å². The van der Waals surface area contributed by atoms with E-state index in [9.17, 15) is 0 Å². The lowest BCUT2D eigenvalue weighted by molar-refractivity contribution is 0.573. The Kier molecular flexibility index (Phi) is 2.81. The zero-order chi connectivity index (χ0) is 12.7. The molecule has 0 aliphatic carbocycles. The first-order chi connectivity index (χ1) is 8.65. The van der Waals surface area contributed by atoms with Gasteiger partial charge in [0.25, 0.3) is 0 Å². The van der Waals surface area contributed by atoms with Crippen LogP contribution in [0.4, 0.5) is 0 Å². The van der Waals surface area contributed by atoms with Crippen molar-refractivity contribution in [2.24, 2.45) is 5.10 Å². The van der Waals surface area contributed by atoms with E-state index in [1.807, 2.05) is 12.3 Å². The Bertz CT molecular complexity index is 724. The number of benzene rings is 1. The molecule has 5 nitrogen and oxygen atoms in total. The van der Waals surface area contributed by atoms with Crippen LogP contribution in [-0.2, 0) is 0 Å².